The number of hydrogen-bond acceptors (Lipinski definition) is 14. The topological polar surface area (TPSA) is 214 Å². The highest BCUT2D eigenvalue weighted by molar-refractivity contribution is 5.69. The van der Waals surface area contributed by atoms with Gasteiger partial charge in [-0.15, -0.1) is 0 Å². The lowest BCUT2D eigenvalue weighted by molar-refractivity contribution is -0.332. The summed E-state index contributed by atoms with van der Waals surface area (Å²) in [6.45, 7) is 3.69. The molecule has 11 atom stereocenters. The van der Waals surface area contributed by atoms with Gasteiger partial charge in [-0.25, -0.2) is 0 Å². The number of unbranched alkanes of at least 4 members (excludes halogenated alkanes) is 27. The zero-order valence-corrected chi connectivity index (χ0v) is 43.3. The lowest BCUT2D eigenvalue weighted by atomic mass is 9.98. The first kappa shape index (κ1) is 63.6. The van der Waals surface area contributed by atoms with E-state index in [1.807, 2.05) is 0 Å². The second-order valence-corrected chi connectivity index (χ2v) is 19.8. The van der Waals surface area contributed by atoms with Crippen molar-refractivity contribution in [1.82, 2.24) is 0 Å². The Morgan fingerprint density at radius 1 is 0.478 bits per heavy atom. The summed E-state index contributed by atoms with van der Waals surface area (Å²) in [5.41, 5.74) is 0. The highest BCUT2D eigenvalue weighted by Crippen LogP contribution is 2.27. The molecule has 7 N–H and O–H groups in total. The molecule has 69 heavy (non-hydrogen) atoms. The molecule has 0 aromatic rings. The number of aliphatic hydroxyl groups excluding tert-OH is 7. The van der Waals surface area contributed by atoms with Crippen LogP contribution in [0.1, 0.15) is 219 Å². The fourth-order valence-electron chi connectivity index (χ4n) is 8.90. The molecule has 14 nitrogen and oxygen atoms in total. The summed E-state index contributed by atoms with van der Waals surface area (Å²) in [6.07, 6.45) is 31.1. The number of esters is 1. The van der Waals surface area contributed by atoms with Gasteiger partial charge in [0.05, 0.1) is 26.4 Å². The SMILES string of the molecule is CCCCCCC/C=C\C/C=C\CCCCCCCCCCCCCCOCC(COC1OC(COC2OC(CO)C(O)C(O)C2O)C(O)C(O)C1O)OC(=O)CCCCCCCCCCCCC. The number of rotatable bonds is 45. The predicted octanol–water partition coefficient (Wildman–Crippen LogP) is 9.19. The molecule has 2 fully saturated rings. The van der Waals surface area contributed by atoms with Crippen LogP contribution in [0.5, 0.6) is 0 Å². The van der Waals surface area contributed by atoms with Crippen LogP contribution in [0.4, 0.5) is 0 Å². The van der Waals surface area contributed by atoms with E-state index in [9.17, 15) is 40.5 Å². The molecule has 0 bridgehead atoms. The van der Waals surface area contributed by atoms with Gasteiger partial charge in [-0.05, 0) is 44.9 Å². The zero-order chi connectivity index (χ0) is 50.2. The second-order valence-electron chi connectivity index (χ2n) is 19.8. The molecule has 0 saturated carbocycles. The van der Waals surface area contributed by atoms with Crippen molar-refractivity contribution in [3.63, 3.8) is 0 Å². The summed E-state index contributed by atoms with van der Waals surface area (Å²) in [4.78, 5) is 13.0. The van der Waals surface area contributed by atoms with Crippen LogP contribution < -0.4 is 0 Å². The molecule has 0 aliphatic carbocycles. The van der Waals surface area contributed by atoms with Crippen molar-refractivity contribution < 1.29 is 69.0 Å². The standard InChI is InChI=1S/C55H102O14/c1-3-5-7-9-11-13-15-16-17-18-19-20-21-22-23-24-25-26-27-29-31-33-35-37-39-64-41-44(67-47(57)38-36-34-32-30-28-14-12-10-8-6-4-2)42-65-54-53(63)51(61)49(59)46(69-54)43-66-55-52(62)50(60)48(58)45(40-56)68-55/h15-16,18-19,44-46,48-56,58-63H,3-14,17,20-43H2,1-2H3/b16-15-,19-18-. The Morgan fingerprint density at radius 2 is 0.899 bits per heavy atom. The molecule has 0 radical (unpaired) electrons. The number of aliphatic hydroxyl groups is 7. The molecule has 0 aromatic carbocycles. The summed E-state index contributed by atoms with van der Waals surface area (Å²) < 4.78 is 34.3. The van der Waals surface area contributed by atoms with Gasteiger partial charge in [-0.3, -0.25) is 4.79 Å². The van der Waals surface area contributed by atoms with Gasteiger partial charge in [0, 0.05) is 13.0 Å². The number of carbonyl (C=O) groups is 1. The first-order chi connectivity index (χ1) is 33.6. The minimum absolute atomic E-state index is 0.0648. The molecule has 2 aliphatic heterocycles. The Balaban J connectivity index is 1.68. The Bertz CT molecular complexity index is 1240. The van der Waals surface area contributed by atoms with Crippen LogP contribution in [0.3, 0.4) is 0 Å². The Labute approximate surface area is 417 Å². The van der Waals surface area contributed by atoms with E-state index in [-0.39, 0.29) is 25.6 Å². The van der Waals surface area contributed by atoms with E-state index in [4.69, 9.17) is 28.4 Å². The molecule has 0 amide bonds. The second kappa shape index (κ2) is 42.9. The molecule has 2 aliphatic rings. The summed E-state index contributed by atoms with van der Waals surface area (Å²) in [7, 11) is 0. The Kier molecular flexibility index (Phi) is 39.6. The fourth-order valence-corrected chi connectivity index (χ4v) is 8.90. The van der Waals surface area contributed by atoms with Crippen molar-refractivity contribution in [3.05, 3.63) is 24.3 Å². The van der Waals surface area contributed by atoms with E-state index in [0.29, 0.717) is 13.0 Å². The summed E-state index contributed by atoms with van der Waals surface area (Å²) >= 11 is 0. The minimum atomic E-state index is -1.70. The largest absolute Gasteiger partial charge is 0.457 e. The highest BCUT2D eigenvalue weighted by atomic mass is 16.7. The van der Waals surface area contributed by atoms with Crippen LogP contribution in [-0.4, -0.2) is 142 Å². The average molecular weight is 987 g/mol. The summed E-state index contributed by atoms with van der Waals surface area (Å²) in [5.74, 6) is -0.375. The monoisotopic (exact) mass is 987 g/mol. The van der Waals surface area contributed by atoms with Gasteiger partial charge >= 0.3 is 5.97 Å². The molecule has 0 spiro atoms. The average Bonchev–Trinajstić information content (AvgIpc) is 3.35. The molecule has 2 saturated heterocycles. The molecule has 14 heteroatoms. The zero-order valence-electron chi connectivity index (χ0n) is 43.3. The van der Waals surface area contributed by atoms with Crippen LogP contribution in [0.15, 0.2) is 24.3 Å². The summed E-state index contributed by atoms with van der Waals surface area (Å²) in [6, 6.07) is 0. The lowest BCUT2D eigenvalue weighted by Gasteiger charge is -2.42. The van der Waals surface area contributed by atoms with Gasteiger partial charge in [0.25, 0.3) is 0 Å². The van der Waals surface area contributed by atoms with E-state index >= 15 is 0 Å². The molecular weight excluding hydrogens is 885 g/mol. The third kappa shape index (κ3) is 30.3. The highest BCUT2D eigenvalue weighted by Gasteiger charge is 2.47. The van der Waals surface area contributed by atoms with Crippen LogP contribution in [-0.2, 0) is 33.2 Å². The van der Waals surface area contributed by atoms with Gasteiger partial charge < -0.3 is 64.2 Å². The van der Waals surface area contributed by atoms with Crippen molar-refractivity contribution in [2.45, 2.75) is 287 Å². The Morgan fingerprint density at radius 3 is 1.39 bits per heavy atom. The van der Waals surface area contributed by atoms with Crippen molar-refractivity contribution in [2.24, 2.45) is 0 Å². The molecule has 406 valence electrons. The third-order valence-electron chi connectivity index (χ3n) is 13.5. The molecular formula is C55H102O14. The quantitative estimate of drug-likeness (QED) is 0.0172. The number of ether oxygens (including phenoxy) is 6. The molecule has 2 rings (SSSR count). The minimum Gasteiger partial charge on any atom is -0.457 e. The van der Waals surface area contributed by atoms with Gasteiger partial charge in [-0.1, -0.05) is 192 Å². The van der Waals surface area contributed by atoms with E-state index < -0.39 is 80.7 Å². The lowest BCUT2D eigenvalue weighted by Crippen LogP contribution is -2.61. The Hall–Kier alpha value is -1.53. The van der Waals surface area contributed by atoms with E-state index in [0.717, 1.165) is 44.9 Å². The van der Waals surface area contributed by atoms with Crippen molar-refractivity contribution in [2.75, 3.05) is 33.0 Å². The van der Waals surface area contributed by atoms with Crippen LogP contribution in [0.2, 0.25) is 0 Å². The number of allylic oxidation sites excluding steroid dienone is 4. The molecule has 11 unspecified atom stereocenters. The van der Waals surface area contributed by atoms with Gasteiger partial charge in [0.15, 0.2) is 12.6 Å². The van der Waals surface area contributed by atoms with E-state index in [1.165, 1.54) is 148 Å². The fraction of sp³-hybridized carbons (Fsp3) is 0.909. The van der Waals surface area contributed by atoms with Crippen molar-refractivity contribution in [3.8, 4) is 0 Å². The molecule has 2 heterocycles. The maximum atomic E-state index is 13.0. The van der Waals surface area contributed by atoms with Crippen LogP contribution in [0, 0.1) is 0 Å². The predicted molar refractivity (Wildman–Crippen MR) is 270 cm³/mol. The van der Waals surface area contributed by atoms with Crippen LogP contribution in [0.25, 0.3) is 0 Å². The van der Waals surface area contributed by atoms with Crippen molar-refractivity contribution in [1.29, 1.82) is 0 Å². The number of carbonyl (C=O) groups excluding carboxylic acids is 1. The van der Waals surface area contributed by atoms with Crippen LogP contribution >= 0.6 is 0 Å². The number of hydrogen-bond donors (Lipinski definition) is 7. The maximum absolute atomic E-state index is 13.0. The van der Waals surface area contributed by atoms with Gasteiger partial charge in [0.1, 0.15) is 54.9 Å². The molecule has 0 aromatic heterocycles. The summed E-state index contributed by atoms with van der Waals surface area (Å²) in [5, 5.41) is 72.2. The third-order valence-corrected chi connectivity index (χ3v) is 13.5. The smallest absolute Gasteiger partial charge is 0.306 e. The van der Waals surface area contributed by atoms with Crippen molar-refractivity contribution >= 4 is 5.97 Å². The van der Waals surface area contributed by atoms with E-state index in [2.05, 4.69) is 38.2 Å². The maximum Gasteiger partial charge on any atom is 0.306 e. The van der Waals surface area contributed by atoms with E-state index in [1.54, 1.807) is 0 Å². The first-order valence-electron chi connectivity index (χ1n) is 27.9. The first-order valence-corrected chi connectivity index (χ1v) is 27.9. The normalized spacial score (nSPS) is 25.8. The van der Waals surface area contributed by atoms with Gasteiger partial charge in [0.2, 0.25) is 0 Å². The van der Waals surface area contributed by atoms with Gasteiger partial charge in [-0.2, -0.15) is 0 Å².